The van der Waals surface area contributed by atoms with Crippen molar-refractivity contribution in [2.24, 2.45) is 0 Å². The minimum atomic E-state index is -3.84. The molecule has 0 aromatic heterocycles. The molecule has 0 saturated carbocycles. The van der Waals surface area contributed by atoms with Gasteiger partial charge in [0.05, 0.1) is 15.5 Å². The van der Waals surface area contributed by atoms with Gasteiger partial charge in [-0.3, -0.25) is 14.8 Å². The number of nitrogens with one attached hydrogen (secondary N) is 1. The Hall–Kier alpha value is -1.64. The zero-order valence-corrected chi connectivity index (χ0v) is 14.4. The fraction of sp³-hybridized carbons (Fsp3) is 0.0769. The Labute approximate surface area is 140 Å². The Balaban J connectivity index is 2.38. The van der Waals surface area contributed by atoms with Crippen molar-refractivity contribution in [2.45, 2.75) is 11.8 Å². The van der Waals surface area contributed by atoms with Crippen LogP contribution in [0.15, 0.2) is 45.8 Å². The van der Waals surface area contributed by atoms with Gasteiger partial charge in [-0.05, 0) is 42.8 Å². The molecular formula is C13H10BrClN2O4S. The van der Waals surface area contributed by atoms with Crippen LogP contribution in [-0.2, 0) is 10.0 Å². The normalized spacial score (nSPS) is 11.2. The number of rotatable bonds is 4. The summed E-state index contributed by atoms with van der Waals surface area (Å²) in [6.07, 6.45) is 0. The molecule has 2 aromatic carbocycles. The fourth-order valence-electron chi connectivity index (χ4n) is 1.71. The summed E-state index contributed by atoms with van der Waals surface area (Å²) in [5, 5.41) is 10.8. The highest BCUT2D eigenvalue weighted by Crippen LogP contribution is 2.29. The third-order valence-corrected chi connectivity index (χ3v) is 5.42. The average molecular weight is 406 g/mol. The second-order valence-electron chi connectivity index (χ2n) is 4.44. The number of aryl methyl sites for hydroxylation is 1. The van der Waals surface area contributed by atoms with Gasteiger partial charge in [0.25, 0.3) is 15.7 Å². The highest BCUT2D eigenvalue weighted by molar-refractivity contribution is 9.10. The number of nitro benzene ring substituents is 1. The highest BCUT2D eigenvalue weighted by atomic mass is 79.9. The van der Waals surface area contributed by atoms with Gasteiger partial charge in [0.15, 0.2) is 0 Å². The number of hydrogen-bond donors (Lipinski definition) is 1. The summed E-state index contributed by atoms with van der Waals surface area (Å²) in [5.74, 6) is 0. The van der Waals surface area contributed by atoms with Gasteiger partial charge >= 0.3 is 0 Å². The second-order valence-corrected chi connectivity index (χ2v) is 7.38. The molecule has 0 amide bonds. The predicted octanol–water partition coefficient (Wildman–Crippen LogP) is 4.12. The van der Waals surface area contributed by atoms with Gasteiger partial charge in [-0.25, -0.2) is 8.42 Å². The number of anilines is 1. The van der Waals surface area contributed by atoms with Crippen LogP contribution in [0.5, 0.6) is 0 Å². The second kappa shape index (κ2) is 6.23. The standard InChI is InChI=1S/C13H10BrClN2O4S/c1-8-6-10(3-4-11(8)14)22(20,21)16-9-2-5-12(15)13(7-9)17(18)19/h2-7,16H,1H3. The first-order chi connectivity index (χ1) is 10.2. The summed E-state index contributed by atoms with van der Waals surface area (Å²) in [5.41, 5.74) is 0.454. The lowest BCUT2D eigenvalue weighted by Gasteiger charge is -2.09. The van der Waals surface area contributed by atoms with E-state index in [0.717, 1.165) is 16.1 Å². The third-order valence-electron chi connectivity index (χ3n) is 2.83. The van der Waals surface area contributed by atoms with E-state index in [9.17, 15) is 18.5 Å². The largest absolute Gasteiger partial charge is 0.289 e. The maximum Gasteiger partial charge on any atom is 0.289 e. The topological polar surface area (TPSA) is 89.3 Å². The van der Waals surface area contributed by atoms with Crippen molar-refractivity contribution in [2.75, 3.05) is 4.72 Å². The molecule has 6 nitrogen and oxygen atoms in total. The quantitative estimate of drug-likeness (QED) is 0.612. The smallest absolute Gasteiger partial charge is 0.279 e. The molecule has 0 aliphatic rings. The van der Waals surface area contributed by atoms with Crippen LogP contribution in [0, 0.1) is 17.0 Å². The number of hydrogen-bond acceptors (Lipinski definition) is 4. The van der Waals surface area contributed by atoms with Crippen molar-refractivity contribution in [3.63, 3.8) is 0 Å². The zero-order valence-electron chi connectivity index (χ0n) is 11.2. The summed E-state index contributed by atoms with van der Waals surface area (Å²) in [6.45, 7) is 1.76. The Morgan fingerprint density at radius 3 is 2.50 bits per heavy atom. The van der Waals surface area contributed by atoms with Crippen molar-refractivity contribution >= 4 is 48.9 Å². The van der Waals surface area contributed by atoms with Crippen molar-refractivity contribution < 1.29 is 13.3 Å². The maximum atomic E-state index is 12.3. The van der Waals surface area contributed by atoms with Gasteiger partial charge in [0.1, 0.15) is 5.02 Å². The highest BCUT2D eigenvalue weighted by Gasteiger charge is 2.18. The van der Waals surface area contributed by atoms with Crippen LogP contribution in [0.1, 0.15) is 5.56 Å². The van der Waals surface area contributed by atoms with Crippen LogP contribution >= 0.6 is 27.5 Å². The summed E-state index contributed by atoms with van der Waals surface area (Å²) in [6, 6.07) is 8.25. The van der Waals surface area contributed by atoms with Crippen molar-refractivity contribution in [3.8, 4) is 0 Å². The predicted molar refractivity (Wildman–Crippen MR) is 87.8 cm³/mol. The minimum absolute atomic E-state index is 0.0609. The van der Waals surface area contributed by atoms with E-state index in [-0.39, 0.29) is 21.3 Å². The Morgan fingerprint density at radius 1 is 1.23 bits per heavy atom. The summed E-state index contributed by atoms with van der Waals surface area (Å²) in [7, 11) is -3.84. The first-order valence-electron chi connectivity index (χ1n) is 5.93. The summed E-state index contributed by atoms with van der Waals surface area (Å²) >= 11 is 8.99. The molecule has 0 unspecified atom stereocenters. The molecule has 0 aliphatic heterocycles. The number of benzene rings is 2. The first kappa shape index (κ1) is 16.7. The molecule has 0 aliphatic carbocycles. The zero-order chi connectivity index (χ0) is 16.5. The lowest BCUT2D eigenvalue weighted by atomic mass is 10.2. The minimum Gasteiger partial charge on any atom is -0.279 e. The number of sulfonamides is 1. The molecule has 22 heavy (non-hydrogen) atoms. The third kappa shape index (κ3) is 3.57. The molecule has 0 spiro atoms. The van der Waals surface area contributed by atoms with Crippen LogP contribution in [0.25, 0.3) is 0 Å². The van der Waals surface area contributed by atoms with Crippen molar-refractivity contribution in [3.05, 3.63) is 61.6 Å². The van der Waals surface area contributed by atoms with Gasteiger partial charge in [0, 0.05) is 10.5 Å². The average Bonchev–Trinajstić information content (AvgIpc) is 2.43. The van der Waals surface area contributed by atoms with Gasteiger partial charge < -0.3 is 0 Å². The summed E-state index contributed by atoms with van der Waals surface area (Å²) < 4.78 is 27.7. The van der Waals surface area contributed by atoms with E-state index in [1.165, 1.54) is 24.3 Å². The number of nitrogens with zero attached hydrogens (tertiary/aromatic N) is 1. The molecule has 0 fully saturated rings. The molecule has 1 N–H and O–H groups in total. The van der Waals surface area contributed by atoms with Crippen LogP contribution < -0.4 is 4.72 Å². The monoisotopic (exact) mass is 404 g/mol. The Morgan fingerprint density at radius 2 is 1.91 bits per heavy atom. The molecule has 116 valence electrons. The van der Waals surface area contributed by atoms with E-state index in [1.54, 1.807) is 13.0 Å². The molecule has 0 bridgehead atoms. The Bertz CT molecular complexity index is 855. The van der Waals surface area contributed by atoms with Crippen LogP contribution in [0.3, 0.4) is 0 Å². The Kier molecular flexibility index (Phi) is 4.74. The lowest BCUT2D eigenvalue weighted by Crippen LogP contribution is -2.13. The van der Waals surface area contributed by atoms with E-state index >= 15 is 0 Å². The SMILES string of the molecule is Cc1cc(S(=O)(=O)Nc2ccc(Cl)c([N+](=O)[O-])c2)ccc1Br. The van der Waals surface area contributed by atoms with Gasteiger partial charge in [0.2, 0.25) is 0 Å². The molecule has 2 aromatic rings. The van der Waals surface area contributed by atoms with Crippen LogP contribution in [-0.4, -0.2) is 13.3 Å². The van der Waals surface area contributed by atoms with Gasteiger partial charge in [-0.15, -0.1) is 0 Å². The molecular weight excluding hydrogens is 396 g/mol. The van der Waals surface area contributed by atoms with E-state index in [4.69, 9.17) is 11.6 Å². The first-order valence-corrected chi connectivity index (χ1v) is 8.59. The molecule has 0 heterocycles. The number of halogens is 2. The van der Waals surface area contributed by atoms with Crippen LogP contribution in [0.4, 0.5) is 11.4 Å². The van der Waals surface area contributed by atoms with E-state index in [2.05, 4.69) is 20.7 Å². The molecule has 0 radical (unpaired) electrons. The molecule has 0 atom stereocenters. The van der Waals surface area contributed by atoms with E-state index < -0.39 is 14.9 Å². The van der Waals surface area contributed by atoms with Gasteiger partial charge in [-0.2, -0.15) is 0 Å². The van der Waals surface area contributed by atoms with E-state index in [0.29, 0.717) is 0 Å². The molecule has 9 heteroatoms. The van der Waals surface area contributed by atoms with Gasteiger partial charge in [-0.1, -0.05) is 27.5 Å². The van der Waals surface area contributed by atoms with Crippen LogP contribution in [0.2, 0.25) is 5.02 Å². The molecule has 2 rings (SSSR count). The van der Waals surface area contributed by atoms with E-state index in [1.807, 2.05) is 0 Å². The lowest BCUT2D eigenvalue weighted by molar-refractivity contribution is -0.384. The van der Waals surface area contributed by atoms with Crippen molar-refractivity contribution in [1.29, 1.82) is 0 Å². The molecule has 0 saturated heterocycles. The number of nitro groups is 1. The fourth-order valence-corrected chi connectivity index (χ4v) is 3.28. The van der Waals surface area contributed by atoms with Crippen molar-refractivity contribution in [1.82, 2.24) is 0 Å². The summed E-state index contributed by atoms with van der Waals surface area (Å²) in [4.78, 5) is 10.2. The maximum absolute atomic E-state index is 12.3.